The maximum Gasteiger partial charge on any atom is 0.164 e. The molecule has 5 nitrogen and oxygen atoms in total. The summed E-state index contributed by atoms with van der Waals surface area (Å²) in [6.45, 7) is 0. The van der Waals surface area contributed by atoms with E-state index in [0.29, 0.717) is 17.5 Å². The van der Waals surface area contributed by atoms with Crippen LogP contribution < -0.4 is 0 Å². The zero-order valence-electron chi connectivity index (χ0n) is 25.9. The van der Waals surface area contributed by atoms with Crippen molar-refractivity contribution in [1.29, 1.82) is 0 Å². The van der Waals surface area contributed by atoms with Crippen LogP contribution in [0.15, 0.2) is 148 Å². The van der Waals surface area contributed by atoms with E-state index in [-0.39, 0.29) is 0 Å². The van der Waals surface area contributed by atoms with Crippen LogP contribution in [0.5, 0.6) is 0 Å². The molecule has 0 atom stereocenters. The number of hydrogen-bond acceptors (Lipinski definition) is 5. The highest BCUT2D eigenvalue weighted by Crippen LogP contribution is 2.41. The van der Waals surface area contributed by atoms with Crippen molar-refractivity contribution >= 4 is 60.2 Å². The first kappa shape index (κ1) is 26.8. The first-order chi connectivity index (χ1) is 23.8. The second kappa shape index (κ2) is 10.6. The van der Waals surface area contributed by atoms with E-state index in [4.69, 9.17) is 23.8 Å². The molecule has 0 fully saturated rings. The second-order valence-corrected chi connectivity index (χ2v) is 12.3. The van der Waals surface area contributed by atoms with Crippen molar-refractivity contribution in [3.05, 3.63) is 145 Å². The van der Waals surface area contributed by atoms with E-state index in [1.54, 1.807) is 0 Å². The molecule has 0 bridgehead atoms. The van der Waals surface area contributed by atoms with E-state index < -0.39 is 0 Å². The van der Waals surface area contributed by atoms with Crippen molar-refractivity contribution < 1.29 is 8.83 Å². The van der Waals surface area contributed by atoms with Crippen LogP contribution in [0.1, 0.15) is 18.7 Å². The van der Waals surface area contributed by atoms with E-state index in [1.807, 2.05) is 48.5 Å². The monoisotopic (exact) mass is 617 g/mol. The van der Waals surface area contributed by atoms with Crippen LogP contribution in [-0.2, 0) is 0 Å². The standard InChI is InChI=1S/C43H27N3O2/c1-2-11-26(12-3-1)41-44-42(28-21-22-38-35(24-28)31-15-6-8-18-36(31)47-38)46-43(45-41)29-23-27-13-4-5-14-30(27)34(25-29)32-17-10-20-39-40(32)33-16-7-9-19-37(33)48-39/h1-2,4-11,13-25H,3,12H2. The van der Waals surface area contributed by atoms with Crippen molar-refractivity contribution in [2.75, 3.05) is 0 Å². The lowest BCUT2D eigenvalue weighted by atomic mass is 9.92. The second-order valence-electron chi connectivity index (χ2n) is 12.3. The van der Waals surface area contributed by atoms with Crippen LogP contribution in [0.3, 0.4) is 0 Å². The van der Waals surface area contributed by atoms with Crippen LogP contribution in [0.4, 0.5) is 0 Å². The third kappa shape index (κ3) is 4.28. The Kier molecular flexibility index (Phi) is 5.93. The third-order valence-corrected chi connectivity index (χ3v) is 9.38. The third-order valence-electron chi connectivity index (χ3n) is 9.38. The Bertz CT molecular complexity index is 2800. The highest BCUT2D eigenvalue weighted by atomic mass is 16.3. The molecule has 0 saturated carbocycles. The van der Waals surface area contributed by atoms with Crippen molar-refractivity contribution in [3.63, 3.8) is 0 Å². The summed E-state index contributed by atoms with van der Waals surface area (Å²) < 4.78 is 12.4. The Balaban J connectivity index is 1.22. The van der Waals surface area contributed by atoms with Gasteiger partial charge in [0.1, 0.15) is 22.3 Å². The molecule has 0 radical (unpaired) electrons. The molecule has 48 heavy (non-hydrogen) atoms. The molecule has 6 aromatic carbocycles. The summed E-state index contributed by atoms with van der Waals surface area (Å²) in [5.74, 6) is 1.98. The fraction of sp³-hybridized carbons (Fsp3) is 0.0465. The van der Waals surface area contributed by atoms with Crippen molar-refractivity contribution in [1.82, 2.24) is 15.0 Å². The van der Waals surface area contributed by atoms with Gasteiger partial charge in [0.25, 0.3) is 0 Å². The maximum absolute atomic E-state index is 6.29. The van der Waals surface area contributed by atoms with Crippen LogP contribution in [0.2, 0.25) is 0 Å². The Hall–Kier alpha value is -6.33. The zero-order valence-corrected chi connectivity index (χ0v) is 25.9. The number of aromatic nitrogens is 3. The molecule has 0 spiro atoms. The number of para-hydroxylation sites is 2. The molecule has 1 aliphatic rings. The van der Waals surface area contributed by atoms with Crippen LogP contribution in [0.25, 0.3) is 94.1 Å². The number of benzene rings is 6. The minimum Gasteiger partial charge on any atom is -0.456 e. The largest absolute Gasteiger partial charge is 0.456 e. The molecule has 3 aromatic heterocycles. The summed E-state index contributed by atoms with van der Waals surface area (Å²) in [6, 6.07) is 41.8. The van der Waals surface area contributed by atoms with Crippen molar-refractivity contribution in [2.45, 2.75) is 12.8 Å². The molecular weight excluding hydrogens is 590 g/mol. The molecule has 9 aromatic rings. The molecule has 1 aliphatic carbocycles. The molecule has 0 unspecified atom stereocenters. The molecule has 0 saturated heterocycles. The van der Waals surface area contributed by atoms with Gasteiger partial charge in [-0.3, -0.25) is 0 Å². The molecule has 0 N–H and O–H groups in total. The predicted octanol–water partition coefficient (Wildman–Crippen LogP) is 11.6. The van der Waals surface area contributed by atoms with Gasteiger partial charge in [0.2, 0.25) is 0 Å². The number of allylic oxidation sites excluding steroid dienone is 4. The van der Waals surface area contributed by atoms with Gasteiger partial charge >= 0.3 is 0 Å². The Morgan fingerprint density at radius 2 is 1.17 bits per heavy atom. The predicted molar refractivity (Wildman–Crippen MR) is 195 cm³/mol. The summed E-state index contributed by atoms with van der Waals surface area (Å²) >= 11 is 0. The molecular formula is C43H27N3O2. The zero-order chi connectivity index (χ0) is 31.6. The van der Waals surface area contributed by atoms with Crippen LogP contribution in [0, 0.1) is 0 Å². The van der Waals surface area contributed by atoms with Crippen molar-refractivity contribution in [2.24, 2.45) is 0 Å². The van der Waals surface area contributed by atoms with E-state index in [1.165, 1.54) is 0 Å². The van der Waals surface area contributed by atoms with Crippen LogP contribution in [-0.4, -0.2) is 15.0 Å². The summed E-state index contributed by atoms with van der Waals surface area (Å²) in [6.07, 6.45) is 8.23. The van der Waals surface area contributed by atoms with Gasteiger partial charge in [-0.25, -0.2) is 15.0 Å². The summed E-state index contributed by atoms with van der Waals surface area (Å²) in [5, 5.41) is 6.59. The molecule has 0 amide bonds. The average Bonchev–Trinajstić information content (AvgIpc) is 3.73. The number of nitrogens with zero attached hydrogens (tertiary/aromatic N) is 3. The SMILES string of the molecule is C1=CCCC(c2nc(-c3cc(-c4cccc5oc6ccccc6c45)c4ccccc4c3)nc(-c3ccc4oc5ccccc5c4c3)n2)=C1. The first-order valence-corrected chi connectivity index (χ1v) is 16.2. The van der Waals surface area contributed by atoms with Gasteiger partial charge in [0, 0.05) is 32.7 Å². The average molecular weight is 618 g/mol. The molecule has 5 heteroatoms. The van der Waals surface area contributed by atoms with Gasteiger partial charge in [0.15, 0.2) is 17.5 Å². The quantitative estimate of drug-likeness (QED) is 0.197. The van der Waals surface area contributed by atoms with Gasteiger partial charge in [0.05, 0.1) is 0 Å². The summed E-state index contributed by atoms with van der Waals surface area (Å²) in [7, 11) is 0. The summed E-state index contributed by atoms with van der Waals surface area (Å²) in [4.78, 5) is 15.4. The van der Waals surface area contributed by atoms with Gasteiger partial charge in [-0.15, -0.1) is 0 Å². The van der Waals surface area contributed by atoms with E-state index in [9.17, 15) is 0 Å². The Morgan fingerprint density at radius 3 is 2.02 bits per heavy atom. The molecule has 226 valence electrons. The summed E-state index contributed by atoms with van der Waals surface area (Å²) in [5.41, 5.74) is 8.63. The van der Waals surface area contributed by atoms with Gasteiger partial charge < -0.3 is 8.83 Å². The van der Waals surface area contributed by atoms with Crippen molar-refractivity contribution in [3.8, 4) is 33.9 Å². The fourth-order valence-corrected chi connectivity index (χ4v) is 7.09. The number of rotatable bonds is 4. The Morgan fingerprint density at radius 1 is 0.479 bits per heavy atom. The highest BCUT2D eigenvalue weighted by Gasteiger charge is 2.19. The fourth-order valence-electron chi connectivity index (χ4n) is 7.09. The molecule has 0 aliphatic heterocycles. The van der Waals surface area contributed by atoms with Gasteiger partial charge in [-0.1, -0.05) is 91.0 Å². The van der Waals surface area contributed by atoms with Gasteiger partial charge in [-0.2, -0.15) is 0 Å². The van der Waals surface area contributed by atoms with Crippen LogP contribution >= 0.6 is 0 Å². The molecule has 3 heterocycles. The van der Waals surface area contributed by atoms with E-state index in [0.717, 1.165) is 95.3 Å². The minimum atomic E-state index is 0.635. The highest BCUT2D eigenvalue weighted by molar-refractivity contribution is 6.15. The normalized spacial score (nSPS) is 13.3. The first-order valence-electron chi connectivity index (χ1n) is 16.2. The maximum atomic E-state index is 6.29. The smallest absolute Gasteiger partial charge is 0.164 e. The lowest BCUT2D eigenvalue weighted by molar-refractivity contribution is 0.668. The number of fused-ring (bicyclic) bond motifs is 7. The minimum absolute atomic E-state index is 0.635. The topological polar surface area (TPSA) is 65.0 Å². The lowest BCUT2D eigenvalue weighted by Gasteiger charge is -2.14. The van der Waals surface area contributed by atoms with E-state index in [2.05, 4.69) is 91.0 Å². The molecule has 10 rings (SSSR count). The number of furan rings is 2. The van der Waals surface area contributed by atoms with E-state index >= 15 is 0 Å². The Labute approximate surface area is 275 Å². The lowest BCUT2D eigenvalue weighted by Crippen LogP contribution is -2.04. The number of hydrogen-bond donors (Lipinski definition) is 0. The van der Waals surface area contributed by atoms with Gasteiger partial charge in [-0.05, 0) is 88.8 Å².